The standard InChI is InChI=1S/C23H24N4O3/c1-17-14-26-19(15-25-17)23(28)27-12-5-2-6-13-29-20-9-3-4-10-21(20)30-22-18(16-27)8-7-11-24-22/h3-4,7-11,14-15H,2,5-6,12-13,16H2,1H3. The highest BCUT2D eigenvalue weighted by atomic mass is 16.5. The highest BCUT2D eigenvalue weighted by Crippen LogP contribution is 2.32. The normalized spacial score (nSPS) is 14.6. The van der Waals surface area contributed by atoms with Gasteiger partial charge < -0.3 is 14.4 Å². The van der Waals surface area contributed by atoms with Gasteiger partial charge in [0, 0.05) is 24.5 Å². The Balaban J connectivity index is 1.65. The minimum atomic E-state index is -0.149. The highest BCUT2D eigenvalue weighted by molar-refractivity contribution is 5.92. The number of aryl methyl sites for hydroxylation is 1. The molecule has 0 saturated carbocycles. The van der Waals surface area contributed by atoms with E-state index in [1.54, 1.807) is 17.3 Å². The lowest BCUT2D eigenvalue weighted by Crippen LogP contribution is -2.32. The van der Waals surface area contributed by atoms with Gasteiger partial charge in [0.25, 0.3) is 5.91 Å². The van der Waals surface area contributed by atoms with Gasteiger partial charge in [0.05, 0.1) is 25.0 Å². The molecule has 7 nitrogen and oxygen atoms in total. The Hall–Kier alpha value is -3.48. The monoisotopic (exact) mass is 404 g/mol. The van der Waals surface area contributed by atoms with E-state index in [0.29, 0.717) is 42.8 Å². The molecule has 1 aliphatic rings. The van der Waals surface area contributed by atoms with Crippen molar-refractivity contribution in [1.82, 2.24) is 19.9 Å². The van der Waals surface area contributed by atoms with Crippen LogP contribution in [0, 0.1) is 6.92 Å². The van der Waals surface area contributed by atoms with Gasteiger partial charge in [0.15, 0.2) is 11.5 Å². The molecule has 0 fully saturated rings. The second-order valence-electron chi connectivity index (χ2n) is 7.20. The molecule has 0 unspecified atom stereocenters. The smallest absolute Gasteiger partial charge is 0.274 e. The number of ether oxygens (including phenoxy) is 2. The molecule has 0 aliphatic carbocycles. The molecule has 0 radical (unpaired) electrons. The fourth-order valence-electron chi connectivity index (χ4n) is 3.28. The molecule has 7 heteroatoms. The van der Waals surface area contributed by atoms with E-state index in [2.05, 4.69) is 15.0 Å². The number of rotatable bonds is 1. The molecule has 30 heavy (non-hydrogen) atoms. The molecule has 1 aromatic carbocycles. The first kappa shape index (κ1) is 19.8. The summed E-state index contributed by atoms with van der Waals surface area (Å²) in [6, 6.07) is 11.3. The molecule has 0 spiro atoms. The predicted octanol–water partition coefficient (Wildman–Crippen LogP) is 4.18. The molecule has 0 atom stereocenters. The summed E-state index contributed by atoms with van der Waals surface area (Å²) >= 11 is 0. The van der Waals surface area contributed by atoms with Crippen molar-refractivity contribution in [2.24, 2.45) is 0 Å². The third-order valence-corrected chi connectivity index (χ3v) is 4.88. The maximum absolute atomic E-state index is 13.1. The quantitative estimate of drug-likeness (QED) is 0.606. The van der Waals surface area contributed by atoms with E-state index in [4.69, 9.17) is 9.47 Å². The minimum Gasteiger partial charge on any atom is -0.490 e. The maximum atomic E-state index is 13.1. The van der Waals surface area contributed by atoms with Crippen LogP contribution in [0.4, 0.5) is 0 Å². The molecular formula is C23H24N4O3. The predicted molar refractivity (Wildman–Crippen MR) is 112 cm³/mol. The molecule has 1 aliphatic heterocycles. The molecule has 4 rings (SSSR count). The van der Waals surface area contributed by atoms with Crippen LogP contribution in [0.25, 0.3) is 0 Å². The van der Waals surface area contributed by atoms with E-state index in [1.807, 2.05) is 43.3 Å². The number of pyridine rings is 1. The molecule has 3 heterocycles. The Morgan fingerprint density at radius 1 is 0.967 bits per heavy atom. The maximum Gasteiger partial charge on any atom is 0.274 e. The molecule has 0 bridgehead atoms. The van der Waals surface area contributed by atoms with Crippen LogP contribution in [0.1, 0.15) is 41.0 Å². The summed E-state index contributed by atoms with van der Waals surface area (Å²) in [6.45, 7) is 3.42. The van der Waals surface area contributed by atoms with Crippen LogP contribution < -0.4 is 9.47 Å². The van der Waals surface area contributed by atoms with Crippen molar-refractivity contribution in [3.63, 3.8) is 0 Å². The summed E-state index contributed by atoms with van der Waals surface area (Å²) in [5.74, 6) is 1.61. The second-order valence-corrected chi connectivity index (χ2v) is 7.20. The lowest BCUT2D eigenvalue weighted by Gasteiger charge is -2.23. The number of fused-ring (bicyclic) bond motifs is 2. The SMILES string of the molecule is Cc1cnc(C(=O)N2CCCCCOc3ccccc3Oc3ncccc3C2)cn1. The average molecular weight is 404 g/mol. The Morgan fingerprint density at radius 2 is 1.83 bits per heavy atom. The summed E-state index contributed by atoms with van der Waals surface area (Å²) in [6.07, 6.45) is 7.53. The van der Waals surface area contributed by atoms with Gasteiger partial charge in [-0.2, -0.15) is 0 Å². The highest BCUT2D eigenvalue weighted by Gasteiger charge is 2.21. The summed E-state index contributed by atoms with van der Waals surface area (Å²) in [4.78, 5) is 27.8. The number of amides is 1. The van der Waals surface area contributed by atoms with E-state index < -0.39 is 0 Å². The number of benzene rings is 1. The third kappa shape index (κ3) is 4.74. The van der Waals surface area contributed by atoms with Gasteiger partial charge in [0.2, 0.25) is 5.88 Å². The first-order valence-electron chi connectivity index (χ1n) is 10.1. The van der Waals surface area contributed by atoms with Crippen molar-refractivity contribution in [2.45, 2.75) is 32.7 Å². The molecule has 0 saturated heterocycles. The summed E-state index contributed by atoms with van der Waals surface area (Å²) in [5, 5.41) is 0. The van der Waals surface area contributed by atoms with Gasteiger partial charge in [-0.25, -0.2) is 9.97 Å². The number of para-hydroxylation sites is 2. The minimum absolute atomic E-state index is 0.149. The molecule has 0 N–H and O–H groups in total. The average Bonchev–Trinajstić information content (AvgIpc) is 2.78. The van der Waals surface area contributed by atoms with Gasteiger partial charge in [-0.1, -0.05) is 18.2 Å². The van der Waals surface area contributed by atoms with Crippen molar-refractivity contribution in [3.05, 3.63) is 71.9 Å². The van der Waals surface area contributed by atoms with Crippen LogP contribution in [0.2, 0.25) is 0 Å². The Bertz CT molecular complexity index is 1010. The van der Waals surface area contributed by atoms with Gasteiger partial charge in [0.1, 0.15) is 5.69 Å². The Labute approximate surface area is 175 Å². The molecule has 2 aromatic heterocycles. The third-order valence-electron chi connectivity index (χ3n) is 4.88. The Morgan fingerprint density at radius 3 is 2.67 bits per heavy atom. The largest absolute Gasteiger partial charge is 0.490 e. The Kier molecular flexibility index (Phi) is 6.17. The molecule has 154 valence electrons. The fourth-order valence-corrected chi connectivity index (χ4v) is 3.28. The summed E-state index contributed by atoms with van der Waals surface area (Å²) < 4.78 is 12.0. The number of nitrogens with zero attached hydrogens (tertiary/aromatic N) is 4. The fraction of sp³-hybridized carbons (Fsp3) is 0.304. The van der Waals surface area contributed by atoms with Crippen LogP contribution in [-0.4, -0.2) is 38.9 Å². The molecular weight excluding hydrogens is 380 g/mol. The number of carbonyl (C=O) groups excluding carboxylic acids is 1. The zero-order chi connectivity index (χ0) is 20.8. The van der Waals surface area contributed by atoms with Gasteiger partial charge >= 0.3 is 0 Å². The van der Waals surface area contributed by atoms with Crippen LogP contribution in [0.3, 0.4) is 0 Å². The van der Waals surface area contributed by atoms with Gasteiger partial charge in [-0.05, 0) is 44.4 Å². The number of aromatic nitrogens is 3. The van der Waals surface area contributed by atoms with Crippen LogP contribution in [0.15, 0.2) is 55.0 Å². The lowest BCUT2D eigenvalue weighted by atomic mass is 10.2. The van der Waals surface area contributed by atoms with Gasteiger partial charge in [-0.3, -0.25) is 9.78 Å². The molecule has 3 aromatic rings. The van der Waals surface area contributed by atoms with E-state index in [-0.39, 0.29) is 5.91 Å². The van der Waals surface area contributed by atoms with Crippen molar-refractivity contribution >= 4 is 5.91 Å². The van der Waals surface area contributed by atoms with Gasteiger partial charge in [-0.15, -0.1) is 0 Å². The number of carbonyl (C=O) groups is 1. The van der Waals surface area contributed by atoms with E-state index in [1.165, 1.54) is 6.20 Å². The van der Waals surface area contributed by atoms with E-state index >= 15 is 0 Å². The van der Waals surface area contributed by atoms with Crippen molar-refractivity contribution < 1.29 is 14.3 Å². The van der Waals surface area contributed by atoms with Crippen LogP contribution in [-0.2, 0) is 6.54 Å². The lowest BCUT2D eigenvalue weighted by molar-refractivity contribution is 0.0732. The number of hydrogen-bond donors (Lipinski definition) is 0. The van der Waals surface area contributed by atoms with Crippen molar-refractivity contribution in [2.75, 3.05) is 13.2 Å². The first-order valence-corrected chi connectivity index (χ1v) is 10.1. The zero-order valence-corrected chi connectivity index (χ0v) is 17.0. The number of hydrogen-bond acceptors (Lipinski definition) is 6. The zero-order valence-electron chi connectivity index (χ0n) is 17.0. The topological polar surface area (TPSA) is 77.4 Å². The van der Waals surface area contributed by atoms with E-state index in [9.17, 15) is 4.79 Å². The van der Waals surface area contributed by atoms with E-state index in [0.717, 1.165) is 30.5 Å². The second kappa shape index (κ2) is 9.35. The summed E-state index contributed by atoms with van der Waals surface area (Å²) in [5.41, 5.74) is 1.93. The molecule has 1 amide bonds. The summed E-state index contributed by atoms with van der Waals surface area (Å²) in [7, 11) is 0. The van der Waals surface area contributed by atoms with Crippen molar-refractivity contribution in [3.8, 4) is 17.4 Å². The van der Waals surface area contributed by atoms with Crippen LogP contribution >= 0.6 is 0 Å². The first-order chi connectivity index (χ1) is 14.7. The van der Waals surface area contributed by atoms with Crippen LogP contribution in [0.5, 0.6) is 17.4 Å². The van der Waals surface area contributed by atoms with Crippen molar-refractivity contribution in [1.29, 1.82) is 0 Å².